The van der Waals surface area contributed by atoms with Gasteiger partial charge in [0.05, 0.1) is 17.0 Å². The molecule has 1 aromatic heterocycles. The molecule has 4 aromatic rings. The second-order valence-corrected chi connectivity index (χ2v) is 12.6. The van der Waals surface area contributed by atoms with Gasteiger partial charge in [0.25, 0.3) is 5.91 Å². The van der Waals surface area contributed by atoms with Crippen LogP contribution < -0.4 is 15.8 Å². The van der Waals surface area contributed by atoms with E-state index >= 15 is 4.39 Å². The average Bonchev–Trinajstić information content (AvgIpc) is 3.46. The van der Waals surface area contributed by atoms with Crippen molar-refractivity contribution in [3.05, 3.63) is 77.2 Å². The molecular weight excluding hydrogens is 571 g/mol. The van der Waals surface area contributed by atoms with Gasteiger partial charge in [-0.05, 0) is 47.4 Å². The van der Waals surface area contributed by atoms with E-state index in [4.69, 9.17) is 10.5 Å². The SMILES string of the molecule is CCCCOc1cc(-c2ccc3nc(N)nc(C(=O)N4Cc5ccccc5C4)c3c2)c(S(=O)(=O)N2CCNCC2)cc1F. The van der Waals surface area contributed by atoms with Gasteiger partial charge in [-0.1, -0.05) is 43.7 Å². The fraction of sp³-hybridized carbons (Fsp3) is 0.323. The number of unbranched alkanes of at least 4 members (excludes halogenated alkanes) is 1. The monoisotopic (exact) mass is 604 g/mol. The first-order chi connectivity index (χ1) is 20.8. The lowest BCUT2D eigenvalue weighted by Crippen LogP contribution is -2.46. The zero-order valence-corrected chi connectivity index (χ0v) is 24.7. The van der Waals surface area contributed by atoms with E-state index in [1.165, 1.54) is 10.4 Å². The third-order valence-corrected chi connectivity index (χ3v) is 9.78. The normalized spacial score (nSPS) is 15.5. The number of nitrogens with zero attached hydrogens (tertiary/aromatic N) is 4. The Balaban J connectivity index is 1.47. The number of hydrogen-bond donors (Lipinski definition) is 2. The summed E-state index contributed by atoms with van der Waals surface area (Å²) in [5.74, 6) is -1.16. The lowest BCUT2D eigenvalue weighted by molar-refractivity contribution is 0.0747. The van der Waals surface area contributed by atoms with Crippen molar-refractivity contribution in [1.29, 1.82) is 0 Å². The Morgan fingerprint density at radius 2 is 1.77 bits per heavy atom. The van der Waals surface area contributed by atoms with Crippen molar-refractivity contribution in [2.75, 3.05) is 38.5 Å². The maximum atomic E-state index is 15.3. The van der Waals surface area contributed by atoms with Gasteiger partial charge in [0.15, 0.2) is 11.6 Å². The molecule has 224 valence electrons. The number of halogens is 1. The van der Waals surface area contributed by atoms with Crippen molar-refractivity contribution in [2.24, 2.45) is 0 Å². The van der Waals surface area contributed by atoms with Gasteiger partial charge in [-0.25, -0.2) is 22.8 Å². The summed E-state index contributed by atoms with van der Waals surface area (Å²) in [6.07, 6.45) is 1.58. The second-order valence-electron chi connectivity index (χ2n) is 10.7. The Bertz CT molecular complexity index is 1790. The minimum Gasteiger partial charge on any atom is -0.490 e. The standard InChI is InChI=1S/C31H33FN6O4S/c1-2-3-14-42-27-16-23(28(17-25(27)32)43(40,41)38-12-10-34-11-13-38)20-8-9-26-24(15-20)29(36-31(33)35-26)30(39)37-18-21-6-4-5-7-22(21)19-37/h4-9,15-17,34H,2-3,10-14,18-19H2,1H3,(H2,33,35,36). The Labute approximate surface area is 249 Å². The molecule has 3 aromatic carbocycles. The molecule has 3 heterocycles. The van der Waals surface area contributed by atoms with E-state index in [1.54, 1.807) is 23.1 Å². The summed E-state index contributed by atoms with van der Waals surface area (Å²) < 4.78 is 50.1. The number of carbonyl (C=O) groups is 1. The number of anilines is 1. The van der Waals surface area contributed by atoms with Crippen LogP contribution in [0.4, 0.5) is 10.3 Å². The molecule has 10 nitrogen and oxygen atoms in total. The summed E-state index contributed by atoms with van der Waals surface area (Å²) in [5.41, 5.74) is 9.40. The topological polar surface area (TPSA) is 131 Å². The van der Waals surface area contributed by atoms with Crippen LogP contribution >= 0.6 is 0 Å². The molecule has 3 N–H and O–H groups in total. The van der Waals surface area contributed by atoms with Crippen LogP contribution in [0, 0.1) is 5.82 Å². The van der Waals surface area contributed by atoms with Crippen LogP contribution in [0.3, 0.4) is 0 Å². The quantitative estimate of drug-likeness (QED) is 0.289. The molecule has 0 atom stereocenters. The minimum absolute atomic E-state index is 0.0394. The number of fused-ring (bicyclic) bond motifs is 2. The highest BCUT2D eigenvalue weighted by Crippen LogP contribution is 2.37. The Hall–Kier alpha value is -4.13. The molecule has 0 aliphatic carbocycles. The molecule has 12 heteroatoms. The highest BCUT2D eigenvalue weighted by Gasteiger charge is 2.31. The number of carbonyl (C=O) groups excluding carboxylic acids is 1. The third-order valence-electron chi connectivity index (χ3n) is 7.84. The number of piperazine rings is 1. The third kappa shape index (κ3) is 5.65. The van der Waals surface area contributed by atoms with Gasteiger partial charge in [0.1, 0.15) is 5.69 Å². The van der Waals surface area contributed by atoms with Crippen LogP contribution in [0.25, 0.3) is 22.0 Å². The summed E-state index contributed by atoms with van der Waals surface area (Å²) in [4.78, 5) is 24.0. The number of ether oxygens (including phenoxy) is 1. The van der Waals surface area contributed by atoms with E-state index < -0.39 is 15.8 Å². The van der Waals surface area contributed by atoms with Crippen LogP contribution in [-0.4, -0.2) is 66.3 Å². The predicted octanol–water partition coefficient (Wildman–Crippen LogP) is 3.95. The Morgan fingerprint density at radius 3 is 2.47 bits per heavy atom. The van der Waals surface area contributed by atoms with Gasteiger partial charge >= 0.3 is 0 Å². The van der Waals surface area contributed by atoms with Gasteiger partial charge in [-0.2, -0.15) is 4.31 Å². The number of hydrogen-bond acceptors (Lipinski definition) is 8. The molecule has 6 rings (SSSR count). The van der Waals surface area contributed by atoms with Gasteiger partial charge in [-0.3, -0.25) is 4.79 Å². The molecule has 1 amide bonds. The van der Waals surface area contributed by atoms with Crippen LogP contribution in [0.15, 0.2) is 59.5 Å². The van der Waals surface area contributed by atoms with E-state index in [9.17, 15) is 13.2 Å². The molecule has 0 unspecified atom stereocenters. The fourth-order valence-electron chi connectivity index (χ4n) is 5.54. The first-order valence-electron chi connectivity index (χ1n) is 14.4. The van der Waals surface area contributed by atoms with E-state index in [-0.39, 0.29) is 46.8 Å². The molecule has 43 heavy (non-hydrogen) atoms. The maximum Gasteiger partial charge on any atom is 0.273 e. The second kappa shape index (κ2) is 11.9. The number of aromatic nitrogens is 2. The van der Waals surface area contributed by atoms with Crippen molar-refractivity contribution >= 4 is 32.8 Å². The van der Waals surface area contributed by atoms with Crippen molar-refractivity contribution < 1.29 is 22.3 Å². The molecule has 2 aliphatic rings. The molecule has 1 fully saturated rings. The van der Waals surface area contributed by atoms with Crippen LogP contribution in [0.5, 0.6) is 5.75 Å². The number of nitrogens with one attached hydrogen (secondary N) is 1. The lowest BCUT2D eigenvalue weighted by Gasteiger charge is -2.28. The maximum absolute atomic E-state index is 15.3. The van der Waals surface area contributed by atoms with Crippen LogP contribution in [0.2, 0.25) is 0 Å². The van der Waals surface area contributed by atoms with E-state index in [0.29, 0.717) is 49.3 Å². The molecule has 0 saturated carbocycles. The number of nitrogen functional groups attached to an aromatic ring is 1. The summed E-state index contributed by atoms with van der Waals surface area (Å²) >= 11 is 0. The highest BCUT2D eigenvalue weighted by atomic mass is 32.2. The first kappa shape index (κ1) is 29.0. The van der Waals surface area contributed by atoms with E-state index in [1.807, 2.05) is 31.2 Å². The van der Waals surface area contributed by atoms with Crippen molar-refractivity contribution in [3.8, 4) is 16.9 Å². The van der Waals surface area contributed by atoms with Gasteiger partial charge in [-0.15, -0.1) is 0 Å². The number of rotatable bonds is 8. The number of nitrogens with two attached hydrogens (primary N) is 1. The summed E-state index contributed by atoms with van der Waals surface area (Å²) in [6.45, 7) is 4.68. The van der Waals surface area contributed by atoms with Crippen LogP contribution in [0.1, 0.15) is 41.4 Å². The van der Waals surface area contributed by atoms with Gasteiger partial charge in [0.2, 0.25) is 16.0 Å². The zero-order valence-electron chi connectivity index (χ0n) is 23.8. The molecule has 0 spiro atoms. The van der Waals surface area contributed by atoms with E-state index in [0.717, 1.165) is 30.0 Å². The van der Waals surface area contributed by atoms with Crippen molar-refractivity contribution in [2.45, 2.75) is 37.8 Å². The number of sulfonamides is 1. The minimum atomic E-state index is -4.06. The average molecular weight is 605 g/mol. The summed E-state index contributed by atoms with van der Waals surface area (Å²) in [5, 5.41) is 3.56. The first-order valence-corrected chi connectivity index (χ1v) is 15.8. The number of amides is 1. The number of benzene rings is 3. The van der Waals surface area contributed by atoms with Crippen molar-refractivity contribution in [1.82, 2.24) is 24.5 Å². The zero-order chi connectivity index (χ0) is 30.1. The highest BCUT2D eigenvalue weighted by molar-refractivity contribution is 7.89. The van der Waals surface area contributed by atoms with E-state index in [2.05, 4.69) is 15.3 Å². The molecule has 0 bridgehead atoms. The van der Waals surface area contributed by atoms with Crippen LogP contribution in [-0.2, 0) is 23.1 Å². The Morgan fingerprint density at radius 1 is 1.05 bits per heavy atom. The summed E-state index contributed by atoms with van der Waals surface area (Å²) in [7, 11) is -4.06. The largest absolute Gasteiger partial charge is 0.490 e. The molecule has 1 saturated heterocycles. The molecule has 2 aliphatic heterocycles. The smallest absolute Gasteiger partial charge is 0.273 e. The fourth-order valence-corrected chi connectivity index (χ4v) is 7.19. The lowest BCUT2D eigenvalue weighted by atomic mass is 10.0. The van der Waals surface area contributed by atoms with Gasteiger partial charge < -0.3 is 20.7 Å². The predicted molar refractivity (Wildman–Crippen MR) is 161 cm³/mol. The Kier molecular flexibility index (Phi) is 7.99. The summed E-state index contributed by atoms with van der Waals surface area (Å²) in [6, 6.07) is 15.3. The molecular formula is C31H33FN6O4S. The molecule has 0 radical (unpaired) electrons. The van der Waals surface area contributed by atoms with Crippen molar-refractivity contribution in [3.63, 3.8) is 0 Å². The van der Waals surface area contributed by atoms with Gasteiger partial charge in [0, 0.05) is 50.2 Å².